The molecule has 8 heteroatoms. The highest BCUT2D eigenvalue weighted by Gasteiger charge is 2.23. The number of hydrogen-bond donors (Lipinski definition) is 1. The molecule has 3 rings (SSSR count). The summed E-state index contributed by atoms with van der Waals surface area (Å²) in [6.07, 6.45) is 0. The van der Waals surface area contributed by atoms with Crippen molar-refractivity contribution < 1.29 is 22.7 Å². The number of phenols is 1. The first-order chi connectivity index (χ1) is 13.2. The lowest BCUT2D eigenvalue weighted by molar-refractivity contribution is 0.416. The zero-order chi connectivity index (χ0) is 20.5. The van der Waals surface area contributed by atoms with Gasteiger partial charge in [-0.1, -0.05) is 29.3 Å². The lowest BCUT2D eigenvalue weighted by atomic mass is 10.2. The molecule has 4 nitrogen and oxygen atoms in total. The Kier molecular flexibility index (Phi) is 5.84. The summed E-state index contributed by atoms with van der Waals surface area (Å²) in [5.74, 6) is -1.46. The third-order valence-electron chi connectivity index (χ3n) is 3.90. The summed E-state index contributed by atoms with van der Waals surface area (Å²) < 4.78 is 44.6. The number of phenolic OH excluding ortho intramolecular Hbond substituents is 1. The van der Waals surface area contributed by atoms with Gasteiger partial charge in [0.05, 0.1) is 10.8 Å². The average Bonchev–Trinajstić information content (AvgIpc) is 2.62. The van der Waals surface area contributed by atoms with Crippen LogP contribution >= 0.6 is 23.2 Å². The van der Waals surface area contributed by atoms with Crippen molar-refractivity contribution in [2.75, 3.05) is 0 Å². The highest BCUT2D eigenvalue weighted by atomic mass is 35.5. The molecule has 0 amide bonds. The van der Waals surface area contributed by atoms with Gasteiger partial charge in [0.15, 0.2) is 21.4 Å². The first kappa shape index (κ1) is 20.5. The van der Waals surface area contributed by atoms with Gasteiger partial charge in [0, 0.05) is 5.02 Å². The van der Waals surface area contributed by atoms with Crippen molar-refractivity contribution in [1.29, 1.82) is 0 Å². The van der Waals surface area contributed by atoms with Crippen LogP contribution in [-0.2, 0) is 15.6 Å². The second-order valence-corrected chi connectivity index (χ2v) is 8.97. The van der Waals surface area contributed by atoms with Gasteiger partial charge in [-0.3, -0.25) is 0 Å². The fraction of sp³-hybridized carbons (Fsp3) is 0.100. The molecule has 0 aromatic heterocycles. The highest BCUT2D eigenvalue weighted by molar-refractivity contribution is 7.90. The molecule has 0 atom stereocenters. The number of aryl methyl sites for hydroxylation is 1. The molecule has 0 radical (unpaired) electrons. The van der Waals surface area contributed by atoms with Gasteiger partial charge < -0.3 is 9.84 Å². The molecule has 3 aromatic carbocycles. The van der Waals surface area contributed by atoms with Crippen molar-refractivity contribution >= 4 is 33.0 Å². The van der Waals surface area contributed by atoms with Crippen LogP contribution in [0.15, 0.2) is 59.5 Å². The number of hydrogen-bond acceptors (Lipinski definition) is 4. The SMILES string of the molecule is Cc1cc(F)c(O)c(S(=O)(=O)Cc2ccc(Oc3ccc(Cl)cc3)c(Cl)c2)c1. The predicted octanol–water partition coefficient (Wildman–Crippen LogP) is 5.91. The molecule has 1 N–H and O–H groups in total. The summed E-state index contributed by atoms with van der Waals surface area (Å²) in [4.78, 5) is -0.456. The highest BCUT2D eigenvalue weighted by Crippen LogP contribution is 2.33. The predicted molar refractivity (Wildman–Crippen MR) is 107 cm³/mol. The van der Waals surface area contributed by atoms with E-state index in [1.807, 2.05) is 0 Å². The van der Waals surface area contributed by atoms with E-state index in [1.165, 1.54) is 18.2 Å². The minimum absolute atomic E-state index is 0.210. The van der Waals surface area contributed by atoms with Gasteiger partial charge >= 0.3 is 0 Å². The van der Waals surface area contributed by atoms with Crippen LogP contribution in [0.2, 0.25) is 10.0 Å². The monoisotopic (exact) mass is 440 g/mol. The van der Waals surface area contributed by atoms with Crippen LogP contribution in [0.3, 0.4) is 0 Å². The number of ether oxygens (including phenoxy) is 1. The molecule has 0 bridgehead atoms. The van der Waals surface area contributed by atoms with Crippen molar-refractivity contribution in [3.63, 3.8) is 0 Å². The molecule has 0 saturated carbocycles. The van der Waals surface area contributed by atoms with Gasteiger partial charge in [0.1, 0.15) is 16.4 Å². The summed E-state index contributed by atoms with van der Waals surface area (Å²) in [6, 6.07) is 13.5. The molecule has 0 aliphatic carbocycles. The van der Waals surface area contributed by atoms with E-state index in [0.717, 1.165) is 6.07 Å². The van der Waals surface area contributed by atoms with Crippen LogP contribution in [0.5, 0.6) is 17.2 Å². The number of aromatic hydroxyl groups is 1. The Bertz CT molecular complexity index is 1130. The van der Waals surface area contributed by atoms with Crippen molar-refractivity contribution in [2.24, 2.45) is 0 Å². The Balaban J connectivity index is 1.85. The lowest BCUT2D eigenvalue weighted by Crippen LogP contribution is -2.06. The quantitative estimate of drug-likeness (QED) is 0.535. The second kappa shape index (κ2) is 7.99. The standard InChI is InChI=1S/C20H15Cl2FO4S/c1-12-8-17(23)20(24)19(9-12)28(25,26)11-13-2-7-18(16(22)10-13)27-15-5-3-14(21)4-6-15/h2-10,24H,11H2,1H3. The number of benzene rings is 3. The Labute approximate surface area is 172 Å². The minimum Gasteiger partial charge on any atom is -0.504 e. The second-order valence-electron chi connectivity index (χ2n) is 6.17. The first-order valence-electron chi connectivity index (χ1n) is 8.09. The minimum atomic E-state index is -3.99. The van der Waals surface area contributed by atoms with Gasteiger partial charge in [0.2, 0.25) is 0 Å². The van der Waals surface area contributed by atoms with E-state index >= 15 is 0 Å². The average molecular weight is 441 g/mol. The Hall–Kier alpha value is -2.28. The summed E-state index contributed by atoms with van der Waals surface area (Å²) >= 11 is 12.0. The molecule has 146 valence electrons. The molecule has 3 aromatic rings. The van der Waals surface area contributed by atoms with Crippen LogP contribution in [-0.4, -0.2) is 13.5 Å². The number of halogens is 3. The fourth-order valence-corrected chi connectivity index (χ4v) is 4.48. The van der Waals surface area contributed by atoms with E-state index in [1.54, 1.807) is 37.3 Å². The third-order valence-corrected chi connectivity index (χ3v) is 6.14. The molecule has 0 aliphatic rings. The Morgan fingerprint density at radius 3 is 2.36 bits per heavy atom. The van der Waals surface area contributed by atoms with E-state index in [4.69, 9.17) is 27.9 Å². The fourth-order valence-electron chi connectivity index (χ4n) is 2.58. The van der Waals surface area contributed by atoms with Crippen LogP contribution in [0.4, 0.5) is 4.39 Å². The van der Waals surface area contributed by atoms with Crippen molar-refractivity contribution in [2.45, 2.75) is 17.6 Å². The molecular weight excluding hydrogens is 426 g/mol. The van der Waals surface area contributed by atoms with Crippen molar-refractivity contribution in [3.05, 3.63) is 81.6 Å². The zero-order valence-corrected chi connectivity index (χ0v) is 16.9. The largest absolute Gasteiger partial charge is 0.504 e. The molecule has 0 unspecified atom stereocenters. The molecule has 0 fully saturated rings. The van der Waals surface area contributed by atoms with Crippen LogP contribution in [0.1, 0.15) is 11.1 Å². The van der Waals surface area contributed by atoms with Crippen molar-refractivity contribution in [1.82, 2.24) is 0 Å². The van der Waals surface area contributed by atoms with Gasteiger partial charge in [-0.25, -0.2) is 12.8 Å². The van der Waals surface area contributed by atoms with Crippen LogP contribution in [0.25, 0.3) is 0 Å². The smallest absolute Gasteiger partial charge is 0.186 e. The van der Waals surface area contributed by atoms with E-state index in [9.17, 15) is 17.9 Å². The molecule has 0 heterocycles. The maximum atomic E-state index is 13.7. The van der Waals surface area contributed by atoms with Gasteiger partial charge in [-0.2, -0.15) is 0 Å². The molecule has 28 heavy (non-hydrogen) atoms. The summed E-state index contributed by atoms with van der Waals surface area (Å²) in [6.45, 7) is 1.54. The molecule has 0 aliphatic heterocycles. The lowest BCUT2D eigenvalue weighted by Gasteiger charge is -2.11. The van der Waals surface area contributed by atoms with E-state index < -0.39 is 32.1 Å². The Morgan fingerprint density at radius 1 is 1.04 bits per heavy atom. The summed E-state index contributed by atoms with van der Waals surface area (Å²) in [5.41, 5.74) is 0.758. The van der Waals surface area contributed by atoms with Gasteiger partial charge in [0.25, 0.3) is 0 Å². The maximum absolute atomic E-state index is 13.7. The third kappa shape index (κ3) is 4.58. The number of sulfone groups is 1. The molecule has 0 spiro atoms. The van der Waals surface area contributed by atoms with Crippen LogP contribution < -0.4 is 4.74 Å². The van der Waals surface area contributed by atoms with Crippen molar-refractivity contribution in [3.8, 4) is 17.2 Å². The normalized spacial score (nSPS) is 11.4. The van der Waals surface area contributed by atoms with Gasteiger partial charge in [-0.05, 0) is 66.6 Å². The summed E-state index contributed by atoms with van der Waals surface area (Å²) in [5, 5.41) is 10.6. The van der Waals surface area contributed by atoms with Gasteiger partial charge in [-0.15, -0.1) is 0 Å². The summed E-state index contributed by atoms with van der Waals surface area (Å²) in [7, 11) is -3.99. The maximum Gasteiger partial charge on any atom is 0.186 e. The van der Waals surface area contributed by atoms with E-state index in [0.29, 0.717) is 27.6 Å². The topological polar surface area (TPSA) is 63.6 Å². The van der Waals surface area contributed by atoms with Crippen LogP contribution in [0, 0.1) is 12.7 Å². The number of rotatable bonds is 5. The molecular formula is C20H15Cl2FO4S. The van der Waals surface area contributed by atoms with E-state index in [2.05, 4.69) is 0 Å². The Morgan fingerprint density at radius 2 is 1.71 bits per heavy atom. The van der Waals surface area contributed by atoms with E-state index in [-0.39, 0.29) is 5.02 Å². The first-order valence-corrected chi connectivity index (χ1v) is 10.5. The molecule has 0 saturated heterocycles. The zero-order valence-electron chi connectivity index (χ0n) is 14.6.